The minimum atomic E-state index is -4.18. The Morgan fingerprint density at radius 1 is 1.18 bits per heavy atom. The predicted octanol–water partition coefficient (Wildman–Crippen LogP) is 4.81. The summed E-state index contributed by atoms with van der Waals surface area (Å²) in [7, 11) is -4.18. The highest BCUT2D eigenvalue weighted by molar-refractivity contribution is 7.90. The second kappa shape index (κ2) is 11.2. The van der Waals surface area contributed by atoms with E-state index < -0.39 is 21.7 Å². The number of hydrogen-bond donors (Lipinski definition) is 1. The van der Waals surface area contributed by atoms with Crippen LogP contribution >= 0.6 is 0 Å². The number of hydrogen-bond acceptors (Lipinski definition) is 9. The van der Waals surface area contributed by atoms with Crippen molar-refractivity contribution in [1.29, 1.82) is 0 Å². The molecule has 210 valence electrons. The molecule has 10 nitrogen and oxygen atoms in total. The summed E-state index contributed by atoms with van der Waals surface area (Å²) >= 11 is 0. The molecule has 1 aliphatic rings. The Morgan fingerprint density at radius 3 is 2.62 bits per heavy atom. The number of ether oxygens (including phenoxy) is 1. The number of halogens is 1. The van der Waals surface area contributed by atoms with Crippen molar-refractivity contribution in [2.75, 3.05) is 18.0 Å². The summed E-state index contributed by atoms with van der Waals surface area (Å²) in [5, 5.41) is 4.76. The average molecular weight is 568 g/mol. The molecule has 0 bridgehead atoms. The molecule has 1 amide bonds. The summed E-state index contributed by atoms with van der Waals surface area (Å²) in [6.45, 7) is 6.97. The maximum absolute atomic E-state index is 15.3. The number of piperidine rings is 1. The Morgan fingerprint density at radius 2 is 1.95 bits per heavy atom. The van der Waals surface area contributed by atoms with Gasteiger partial charge in [-0.3, -0.25) is 9.78 Å². The largest absolute Gasteiger partial charge is 0.490 e. The summed E-state index contributed by atoms with van der Waals surface area (Å²) in [5.74, 6) is 0.0870. The van der Waals surface area contributed by atoms with Gasteiger partial charge >= 0.3 is 6.01 Å². The van der Waals surface area contributed by atoms with Gasteiger partial charge < -0.3 is 14.2 Å². The van der Waals surface area contributed by atoms with Gasteiger partial charge in [0.2, 0.25) is 5.91 Å². The monoisotopic (exact) mass is 567 g/mol. The van der Waals surface area contributed by atoms with Crippen molar-refractivity contribution in [2.24, 2.45) is 0 Å². The third kappa shape index (κ3) is 5.62. The molecule has 3 heterocycles. The molecule has 1 fully saturated rings. The fourth-order valence-electron chi connectivity index (χ4n) is 4.57. The van der Waals surface area contributed by atoms with E-state index in [9.17, 15) is 13.2 Å². The minimum absolute atomic E-state index is 0.0111. The van der Waals surface area contributed by atoms with Crippen molar-refractivity contribution < 1.29 is 26.9 Å². The van der Waals surface area contributed by atoms with Crippen LogP contribution in [-0.4, -0.2) is 48.6 Å². The van der Waals surface area contributed by atoms with Gasteiger partial charge in [0.25, 0.3) is 10.0 Å². The zero-order valence-corrected chi connectivity index (χ0v) is 23.2. The fraction of sp³-hybridized carbons (Fsp3) is 0.357. The SMILES string of the molecule is CCC(=O)NS(=O)(=O)c1ccc(-c2cccc3c(OC4CCN(c5nc(C(C)C)no5)CC4)ccnc23)c(F)c1. The van der Waals surface area contributed by atoms with Crippen molar-refractivity contribution in [1.82, 2.24) is 19.8 Å². The number of para-hydroxylation sites is 1. The van der Waals surface area contributed by atoms with Crippen LogP contribution in [-0.2, 0) is 14.8 Å². The van der Waals surface area contributed by atoms with Crippen LogP contribution in [0.3, 0.4) is 0 Å². The molecule has 4 aromatic rings. The van der Waals surface area contributed by atoms with E-state index in [1.54, 1.807) is 24.4 Å². The summed E-state index contributed by atoms with van der Waals surface area (Å²) in [6.07, 6.45) is 3.06. The Balaban J connectivity index is 1.35. The first-order valence-electron chi connectivity index (χ1n) is 13.1. The van der Waals surface area contributed by atoms with Crippen LogP contribution in [0.2, 0.25) is 0 Å². The molecular formula is C28H30FN5O5S. The van der Waals surface area contributed by atoms with Gasteiger partial charge in [-0.2, -0.15) is 4.98 Å². The molecule has 0 saturated carbocycles. The van der Waals surface area contributed by atoms with Crippen molar-refractivity contribution in [3.05, 3.63) is 60.3 Å². The van der Waals surface area contributed by atoms with Gasteiger partial charge in [0, 0.05) is 61.0 Å². The van der Waals surface area contributed by atoms with Crippen molar-refractivity contribution >= 4 is 32.8 Å². The molecule has 0 aliphatic carbocycles. The van der Waals surface area contributed by atoms with E-state index in [4.69, 9.17) is 9.26 Å². The lowest BCUT2D eigenvalue weighted by atomic mass is 10.0. The highest BCUT2D eigenvalue weighted by atomic mass is 32.2. The standard InChI is InChI=1S/C28H30FN5O5S/c1-4-25(35)33-40(36,37)19-8-9-20(23(29)16-19)21-6-5-7-22-24(10-13-30-26(21)22)38-18-11-14-34(15-12-18)28-31-27(17(2)3)32-39-28/h5-10,13,16-18H,4,11-12,14-15H2,1-3H3,(H,33,35). The van der Waals surface area contributed by atoms with Gasteiger partial charge in [-0.05, 0) is 30.3 Å². The summed E-state index contributed by atoms with van der Waals surface area (Å²) in [5.41, 5.74) is 1.21. The third-order valence-electron chi connectivity index (χ3n) is 6.79. The number of pyridine rings is 1. The quantitative estimate of drug-likeness (QED) is 0.319. The molecule has 40 heavy (non-hydrogen) atoms. The topological polar surface area (TPSA) is 128 Å². The summed E-state index contributed by atoms with van der Waals surface area (Å²) < 4.78 is 53.8. The molecule has 1 aliphatic heterocycles. The molecule has 2 aromatic carbocycles. The Bertz CT molecular complexity index is 1650. The molecule has 1 saturated heterocycles. The number of nitrogens with zero attached hydrogens (tertiary/aromatic N) is 4. The van der Waals surface area contributed by atoms with Gasteiger partial charge in [0.1, 0.15) is 17.7 Å². The molecule has 0 atom stereocenters. The highest BCUT2D eigenvalue weighted by Gasteiger charge is 2.26. The Hall–Kier alpha value is -4.06. The normalized spacial score (nSPS) is 14.6. The summed E-state index contributed by atoms with van der Waals surface area (Å²) in [4.78, 5) is 22.3. The van der Waals surface area contributed by atoms with Crippen LogP contribution in [0.1, 0.15) is 51.8 Å². The van der Waals surface area contributed by atoms with Gasteiger partial charge in [0.05, 0.1) is 10.4 Å². The van der Waals surface area contributed by atoms with Crippen LogP contribution in [0.4, 0.5) is 10.4 Å². The van der Waals surface area contributed by atoms with E-state index in [-0.39, 0.29) is 28.9 Å². The molecule has 0 spiro atoms. The van der Waals surface area contributed by atoms with Crippen LogP contribution in [0.15, 0.2) is 58.1 Å². The van der Waals surface area contributed by atoms with Crippen LogP contribution in [0, 0.1) is 5.82 Å². The smallest absolute Gasteiger partial charge is 0.324 e. The molecule has 0 radical (unpaired) electrons. The van der Waals surface area contributed by atoms with Crippen LogP contribution in [0.25, 0.3) is 22.0 Å². The zero-order valence-electron chi connectivity index (χ0n) is 22.4. The second-order valence-corrected chi connectivity index (χ2v) is 11.6. The fourth-order valence-corrected chi connectivity index (χ4v) is 5.63. The number of benzene rings is 2. The first-order chi connectivity index (χ1) is 19.2. The maximum Gasteiger partial charge on any atom is 0.324 e. The van der Waals surface area contributed by atoms with Crippen molar-refractivity contribution in [3.63, 3.8) is 0 Å². The van der Waals surface area contributed by atoms with Gasteiger partial charge in [-0.1, -0.05) is 38.1 Å². The number of rotatable bonds is 8. The number of amides is 1. The minimum Gasteiger partial charge on any atom is -0.490 e. The van der Waals surface area contributed by atoms with E-state index in [2.05, 4.69) is 20.0 Å². The van der Waals surface area contributed by atoms with E-state index in [1.165, 1.54) is 19.1 Å². The molecule has 5 rings (SSSR count). The van der Waals surface area contributed by atoms with E-state index in [0.717, 1.165) is 18.9 Å². The highest BCUT2D eigenvalue weighted by Crippen LogP contribution is 2.35. The average Bonchev–Trinajstić information content (AvgIpc) is 3.44. The number of fused-ring (bicyclic) bond motifs is 1. The third-order valence-corrected chi connectivity index (χ3v) is 8.17. The van der Waals surface area contributed by atoms with E-state index in [0.29, 0.717) is 47.1 Å². The number of carbonyl (C=O) groups is 1. The van der Waals surface area contributed by atoms with Crippen molar-refractivity contribution in [3.8, 4) is 16.9 Å². The number of anilines is 1. The van der Waals surface area contributed by atoms with Gasteiger partial charge in [-0.25, -0.2) is 17.5 Å². The Labute approximate surface area is 231 Å². The first kappa shape index (κ1) is 27.5. The molecule has 1 N–H and O–H groups in total. The summed E-state index contributed by atoms with van der Waals surface area (Å²) in [6, 6.07) is 11.2. The number of carbonyl (C=O) groups excluding carboxylic acids is 1. The number of sulfonamides is 1. The molecular weight excluding hydrogens is 537 g/mol. The zero-order chi connectivity index (χ0) is 28.4. The molecule has 12 heteroatoms. The van der Waals surface area contributed by atoms with E-state index in [1.807, 2.05) is 24.6 Å². The maximum atomic E-state index is 15.3. The second-order valence-electron chi connectivity index (χ2n) is 9.93. The van der Waals surface area contributed by atoms with Crippen LogP contribution < -0.4 is 14.4 Å². The predicted molar refractivity (Wildman–Crippen MR) is 147 cm³/mol. The van der Waals surface area contributed by atoms with E-state index >= 15 is 4.39 Å². The van der Waals surface area contributed by atoms with Crippen molar-refractivity contribution in [2.45, 2.75) is 57.0 Å². The lowest BCUT2D eigenvalue weighted by Crippen LogP contribution is -2.38. The van der Waals surface area contributed by atoms with Gasteiger partial charge in [0.15, 0.2) is 5.82 Å². The van der Waals surface area contributed by atoms with Gasteiger partial charge in [-0.15, -0.1) is 0 Å². The molecule has 2 aromatic heterocycles. The van der Waals surface area contributed by atoms with Crippen LogP contribution in [0.5, 0.6) is 5.75 Å². The number of aromatic nitrogens is 3. The Kier molecular flexibility index (Phi) is 7.70. The lowest BCUT2D eigenvalue weighted by Gasteiger charge is -2.31. The number of nitrogens with one attached hydrogen (secondary N) is 1. The first-order valence-corrected chi connectivity index (χ1v) is 14.6. The molecule has 0 unspecified atom stereocenters. The lowest BCUT2D eigenvalue weighted by molar-refractivity contribution is -0.119.